The van der Waals surface area contributed by atoms with Crippen molar-refractivity contribution in [1.82, 2.24) is 15.0 Å². The summed E-state index contributed by atoms with van der Waals surface area (Å²) in [5.41, 5.74) is 2.14. The number of hydrogen-bond donors (Lipinski definition) is 2. The number of anilines is 2. The van der Waals surface area contributed by atoms with E-state index in [9.17, 15) is 4.53 Å². The van der Waals surface area contributed by atoms with Crippen LogP contribution in [0.15, 0.2) is 61.2 Å². The predicted octanol–water partition coefficient (Wildman–Crippen LogP) is 1.70. The van der Waals surface area contributed by atoms with Gasteiger partial charge in [0.2, 0.25) is 5.95 Å². The molecule has 0 aliphatic heterocycles. The van der Waals surface area contributed by atoms with Gasteiger partial charge in [-0.3, -0.25) is 5.32 Å². The second kappa shape index (κ2) is 7.82. The monoisotopic (exact) mass is 327 g/mol. The topological polar surface area (TPSA) is 75.8 Å². The zero-order valence-electron chi connectivity index (χ0n) is 12.8. The van der Waals surface area contributed by atoms with Crippen LogP contribution < -0.4 is 20.4 Å². The Morgan fingerprint density at radius 1 is 0.875 bits per heavy atom. The van der Waals surface area contributed by atoms with E-state index in [1.54, 1.807) is 30.7 Å². The van der Waals surface area contributed by atoms with Gasteiger partial charge in [-0.2, -0.15) is 0 Å². The molecule has 2 heterocycles. The molecule has 0 unspecified atom stereocenters. The Bertz CT molecular complexity index is 769. The Labute approximate surface area is 138 Å². The summed E-state index contributed by atoms with van der Waals surface area (Å²) in [7, 11) is 0. The zero-order valence-corrected chi connectivity index (χ0v) is 12.8. The molecule has 0 bridgehead atoms. The molecule has 1 aromatic carbocycles. The van der Waals surface area contributed by atoms with Crippen LogP contribution >= 0.6 is 0 Å². The molecule has 7 nitrogen and oxygen atoms in total. The number of halogens is 1. The maximum Gasteiger partial charge on any atom is 0.432 e. The Balaban J connectivity index is 1.54. The molecule has 122 valence electrons. The summed E-state index contributed by atoms with van der Waals surface area (Å²) in [4.78, 5) is 12.2. The molecule has 0 amide bonds. The first kappa shape index (κ1) is 15.6. The van der Waals surface area contributed by atoms with Crippen molar-refractivity contribution in [2.24, 2.45) is 0 Å². The molecular weight excluding hydrogens is 311 g/mol. The summed E-state index contributed by atoms with van der Waals surface area (Å²) < 4.78 is 13.3. The lowest BCUT2D eigenvalue weighted by molar-refractivity contribution is -0.928. The Morgan fingerprint density at radius 2 is 1.50 bits per heavy atom. The van der Waals surface area contributed by atoms with Crippen LogP contribution in [-0.2, 0) is 13.1 Å². The van der Waals surface area contributed by atoms with E-state index in [0.717, 1.165) is 15.9 Å². The average molecular weight is 327 g/mol. The molecular formula is C16H16FN6O+. The van der Waals surface area contributed by atoms with Gasteiger partial charge in [-0.05, 0) is 21.9 Å². The van der Waals surface area contributed by atoms with Crippen LogP contribution in [-0.4, -0.2) is 15.0 Å². The third kappa shape index (κ3) is 4.13. The van der Waals surface area contributed by atoms with E-state index in [-0.39, 0.29) is 5.95 Å². The first-order valence-corrected chi connectivity index (χ1v) is 7.33. The normalized spacial score (nSPS) is 10.2. The molecule has 3 rings (SSSR count). The van der Waals surface area contributed by atoms with Crippen molar-refractivity contribution in [3.63, 3.8) is 0 Å². The summed E-state index contributed by atoms with van der Waals surface area (Å²) in [6.45, 7) is 1.13. The lowest BCUT2D eigenvalue weighted by atomic mass is 10.1. The van der Waals surface area contributed by atoms with E-state index < -0.39 is 0 Å². The molecule has 3 aromatic rings. The van der Waals surface area contributed by atoms with E-state index in [2.05, 4.69) is 30.6 Å². The van der Waals surface area contributed by atoms with Crippen molar-refractivity contribution in [2.45, 2.75) is 13.1 Å². The molecule has 0 aliphatic rings. The highest BCUT2D eigenvalue weighted by Gasteiger charge is 2.11. The van der Waals surface area contributed by atoms with E-state index >= 15 is 0 Å². The fourth-order valence-corrected chi connectivity index (χ4v) is 2.06. The van der Waals surface area contributed by atoms with Gasteiger partial charge in [-0.25, -0.2) is 9.97 Å². The molecule has 0 fully saturated rings. The Hall–Kier alpha value is -3.29. The number of nitrogens with zero attached hydrogens (tertiary/aromatic N) is 4. The third-order valence-corrected chi connectivity index (χ3v) is 3.28. The minimum absolute atomic E-state index is 0.284. The number of rotatable bonds is 7. The summed E-state index contributed by atoms with van der Waals surface area (Å²) in [5, 5.41) is 9.85. The highest BCUT2D eigenvalue weighted by atomic mass is 19.3. The van der Waals surface area contributed by atoms with Crippen LogP contribution in [0.5, 0.6) is 0 Å². The van der Waals surface area contributed by atoms with Crippen molar-refractivity contribution < 1.29 is 14.3 Å². The Kier molecular flexibility index (Phi) is 5.08. The number of hydrogen-bond acceptors (Lipinski definition) is 6. The smallest absolute Gasteiger partial charge is 0.350 e. The second-order valence-electron chi connectivity index (χ2n) is 4.93. The number of nitrogens with one attached hydrogen (secondary N) is 2. The average Bonchev–Trinajstić information content (AvgIpc) is 2.66. The fourth-order valence-electron chi connectivity index (χ4n) is 2.06. The predicted molar refractivity (Wildman–Crippen MR) is 85.2 cm³/mol. The molecule has 0 aliphatic carbocycles. The van der Waals surface area contributed by atoms with Crippen LogP contribution in [0.4, 0.5) is 16.4 Å². The first-order valence-electron chi connectivity index (χ1n) is 7.33. The maximum absolute atomic E-state index is 12.4. The molecule has 8 heteroatoms. The second-order valence-corrected chi connectivity index (χ2v) is 4.93. The van der Waals surface area contributed by atoms with E-state index in [1.807, 2.05) is 24.3 Å². The molecule has 2 aromatic heterocycles. The lowest BCUT2D eigenvalue weighted by Crippen LogP contribution is -2.41. The summed E-state index contributed by atoms with van der Waals surface area (Å²) in [6, 6.07) is 11.3. The van der Waals surface area contributed by atoms with Crippen LogP contribution in [0.2, 0.25) is 0 Å². The molecule has 2 N–H and O–H groups in total. The number of benzene rings is 1. The molecule has 0 radical (unpaired) electrons. The third-order valence-electron chi connectivity index (χ3n) is 3.28. The van der Waals surface area contributed by atoms with Crippen LogP contribution in [0.3, 0.4) is 0 Å². The fraction of sp³-hybridized carbons (Fsp3) is 0.125. The van der Waals surface area contributed by atoms with Crippen molar-refractivity contribution in [1.29, 1.82) is 0 Å². The van der Waals surface area contributed by atoms with Gasteiger partial charge in [-0.1, -0.05) is 29.2 Å². The summed E-state index contributed by atoms with van der Waals surface area (Å²) in [5.74, 6) is 0.876. The van der Waals surface area contributed by atoms with Crippen molar-refractivity contribution >= 4 is 11.9 Å². The van der Waals surface area contributed by atoms with Gasteiger partial charge in [0.25, 0.3) is 0 Å². The van der Waals surface area contributed by atoms with Gasteiger partial charge in [0.1, 0.15) is 12.4 Å². The van der Waals surface area contributed by atoms with Gasteiger partial charge < -0.3 is 5.32 Å². The van der Waals surface area contributed by atoms with Crippen LogP contribution in [0.1, 0.15) is 11.1 Å². The van der Waals surface area contributed by atoms with Gasteiger partial charge in [0, 0.05) is 25.0 Å². The van der Waals surface area contributed by atoms with Crippen molar-refractivity contribution in [3.05, 3.63) is 72.3 Å². The van der Waals surface area contributed by atoms with Crippen LogP contribution in [0, 0.1) is 0 Å². The summed E-state index contributed by atoms with van der Waals surface area (Å²) >= 11 is 0. The van der Waals surface area contributed by atoms with Crippen molar-refractivity contribution in [2.75, 3.05) is 10.6 Å². The van der Waals surface area contributed by atoms with E-state index in [1.165, 1.54) is 6.20 Å². The van der Waals surface area contributed by atoms with Gasteiger partial charge >= 0.3 is 5.95 Å². The minimum Gasteiger partial charge on any atom is -0.350 e. The standard InChI is InChI=1S/C16H15FN6O/c17-24-23-10-2-9-20-16(23)22-12-14-5-3-13(4-6-14)11-21-15-18-7-1-8-19-15/h1-10H,11-12H2,(H,18,19,21)/p+1. The lowest BCUT2D eigenvalue weighted by Gasteiger charge is -2.06. The Morgan fingerprint density at radius 3 is 2.17 bits per heavy atom. The SMILES string of the molecule is FO[n+]1cccnc1NCc1ccc(CNc2ncccn2)cc1. The number of aromatic nitrogens is 4. The van der Waals surface area contributed by atoms with Gasteiger partial charge in [0.15, 0.2) is 0 Å². The highest BCUT2D eigenvalue weighted by molar-refractivity contribution is 5.30. The zero-order chi connectivity index (χ0) is 16.6. The van der Waals surface area contributed by atoms with Crippen molar-refractivity contribution in [3.8, 4) is 0 Å². The molecule has 24 heavy (non-hydrogen) atoms. The van der Waals surface area contributed by atoms with Crippen LogP contribution in [0.25, 0.3) is 0 Å². The first-order chi connectivity index (χ1) is 11.8. The van der Waals surface area contributed by atoms with E-state index in [0.29, 0.717) is 19.0 Å². The van der Waals surface area contributed by atoms with Gasteiger partial charge in [0.05, 0.1) is 11.1 Å². The molecule has 0 atom stereocenters. The van der Waals surface area contributed by atoms with E-state index in [4.69, 9.17) is 0 Å². The maximum atomic E-state index is 12.4. The molecule has 0 saturated heterocycles. The summed E-state index contributed by atoms with van der Waals surface area (Å²) in [6.07, 6.45) is 6.36. The minimum atomic E-state index is 0.284. The van der Waals surface area contributed by atoms with Gasteiger partial charge in [-0.15, -0.1) is 5.04 Å². The highest BCUT2D eigenvalue weighted by Crippen LogP contribution is 2.08. The largest absolute Gasteiger partial charge is 0.432 e. The quantitative estimate of drug-likeness (QED) is 0.643. The molecule has 0 spiro atoms. The molecule has 0 saturated carbocycles.